The number of aromatic nitrogens is 3. The number of thiophene rings is 1. The molecule has 12 heteroatoms. The van der Waals surface area contributed by atoms with Crippen LogP contribution in [0.15, 0.2) is 16.3 Å². The number of methoxy groups -OCH3 is 2. The van der Waals surface area contributed by atoms with E-state index in [2.05, 4.69) is 24.4 Å². The van der Waals surface area contributed by atoms with Gasteiger partial charge in [-0.15, -0.1) is 11.3 Å². The Balaban J connectivity index is 2.25. The van der Waals surface area contributed by atoms with Gasteiger partial charge in [0.05, 0.1) is 20.8 Å². The molecule has 0 amide bonds. The van der Waals surface area contributed by atoms with E-state index < -0.39 is 16.0 Å². The van der Waals surface area contributed by atoms with Crippen LogP contribution < -0.4 is 14.4 Å². The lowest BCUT2D eigenvalue weighted by Gasteiger charge is -2.12. The van der Waals surface area contributed by atoms with E-state index in [1.807, 2.05) is 0 Å². The molecule has 0 unspecified atom stereocenters. The van der Waals surface area contributed by atoms with Crippen LogP contribution in [0.25, 0.3) is 0 Å². The molecule has 0 aromatic carbocycles. The summed E-state index contributed by atoms with van der Waals surface area (Å²) in [6, 6.07) is 1.40. The minimum atomic E-state index is -3.95. The molecule has 0 radical (unpaired) electrons. The Bertz CT molecular complexity index is 865. The van der Waals surface area contributed by atoms with Crippen molar-refractivity contribution in [1.82, 2.24) is 19.7 Å². The number of esters is 1. The number of rotatable bonds is 7. The Morgan fingerprint density at radius 2 is 2.00 bits per heavy atom. The molecule has 2 rings (SSSR count). The predicted octanol–water partition coefficient (Wildman–Crippen LogP) is 0.273. The molecule has 0 aliphatic heterocycles. The summed E-state index contributed by atoms with van der Waals surface area (Å²) in [5.74, 6) is -0.215. The van der Waals surface area contributed by atoms with E-state index in [1.54, 1.807) is 19.0 Å². The van der Waals surface area contributed by atoms with Gasteiger partial charge in [-0.2, -0.15) is 15.0 Å². The SMILES string of the molecule is COC(=O)c1sccc1S(=O)(=O)NCc1nc(OC)nc(N(C)C)n1. The monoisotopic (exact) mass is 387 g/mol. The zero-order valence-corrected chi connectivity index (χ0v) is 15.6. The lowest BCUT2D eigenvalue weighted by Crippen LogP contribution is -2.26. The maximum absolute atomic E-state index is 12.5. The van der Waals surface area contributed by atoms with E-state index in [0.29, 0.717) is 5.95 Å². The lowest BCUT2D eigenvalue weighted by molar-refractivity contribution is 0.0602. The predicted molar refractivity (Wildman–Crippen MR) is 90.4 cm³/mol. The third kappa shape index (κ3) is 4.41. The minimum Gasteiger partial charge on any atom is -0.467 e. The first-order chi connectivity index (χ1) is 11.8. The molecule has 0 atom stereocenters. The highest BCUT2D eigenvalue weighted by Gasteiger charge is 2.25. The number of carbonyl (C=O) groups excluding carboxylic acids is 1. The number of ether oxygens (including phenoxy) is 2. The summed E-state index contributed by atoms with van der Waals surface area (Å²) < 4.78 is 36.8. The molecule has 1 N–H and O–H groups in total. The minimum absolute atomic E-state index is 0.00259. The van der Waals surface area contributed by atoms with Crippen LogP contribution >= 0.6 is 11.3 Å². The summed E-state index contributed by atoms with van der Waals surface area (Å²) in [6.45, 7) is -0.196. The highest BCUT2D eigenvalue weighted by atomic mass is 32.2. The molecule has 0 aliphatic rings. The topological polar surface area (TPSA) is 124 Å². The molecule has 2 aromatic rings. The Kier molecular flexibility index (Phi) is 5.87. The summed E-state index contributed by atoms with van der Waals surface area (Å²) >= 11 is 0.982. The van der Waals surface area contributed by atoms with Gasteiger partial charge in [-0.05, 0) is 11.4 Å². The number of hydrogen-bond acceptors (Lipinski definition) is 10. The van der Waals surface area contributed by atoms with Crippen molar-refractivity contribution >= 4 is 33.3 Å². The molecule has 2 aromatic heterocycles. The zero-order valence-electron chi connectivity index (χ0n) is 14.0. The van der Waals surface area contributed by atoms with Gasteiger partial charge >= 0.3 is 12.0 Å². The average Bonchev–Trinajstić information content (AvgIpc) is 3.09. The number of nitrogens with zero attached hydrogens (tertiary/aromatic N) is 4. The first-order valence-electron chi connectivity index (χ1n) is 6.90. The van der Waals surface area contributed by atoms with Crippen LogP contribution in [-0.4, -0.2) is 57.7 Å². The quantitative estimate of drug-likeness (QED) is 0.667. The second-order valence-electron chi connectivity index (χ2n) is 4.86. The van der Waals surface area contributed by atoms with E-state index in [0.717, 1.165) is 11.3 Å². The largest absolute Gasteiger partial charge is 0.467 e. The van der Waals surface area contributed by atoms with Crippen molar-refractivity contribution in [3.63, 3.8) is 0 Å². The first kappa shape index (κ1) is 19.0. The fraction of sp³-hybridized carbons (Fsp3) is 0.385. The Labute approximate surface area is 148 Å². The summed E-state index contributed by atoms with van der Waals surface area (Å²) in [4.78, 5) is 25.3. The maximum atomic E-state index is 12.5. The van der Waals surface area contributed by atoms with Crippen LogP contribution in [0, 0.1) is 0 Å². The van der Waals surface area contributed by atoms with Gasteiger partial charge in [0.1, 0.15) is 9.77 Å². The van der Waals surface area contributed by atoms with Crippen molar-refractivity contribution < 1.29 is 22.7 Å². The van der Waals surface area contributed by atoms with Gasteiger partial charge < -0.3 is 14.4 Å². The van der Waals surface area contributed by atoms with Crippen LogP contribution in [0.1, 0.15) is 15.5 Å². The number of nitrogens with one attached hydrogen (secondary N) is 1. The first-order valence-corrected chi connectivity index (χ1v) is 9.26. The number of hydrogen-bond donors (Lipinski definition) is 1. The smallest absolute Gasteiger partial charge is 0.349 e. The van der Waals surface area contributed by atoms with E-state index in [1.165, 1.54) is 25.7 Å². The lowest BCUT2D eigenvalue weighted by atomic mass is 10.5. The highest BCUT2D eigenvalue weighted by Crippen LogP contribution is 2.22. The number of carbonyl (C=O) groups is 1. The van der Waals surface area contributed by atoms with Gasteiger partial charge in [-0.1, -0.05) is 0 Å². The van der Waals surface area contributed by atoms with E-state index in [-0.39, 0.29) is 28.2 Å². The summed E-state index contributed by atoms with van der Waals surface area (Å²) in [7, 11) is 2.10. The van der Waals surface area contributed by atoms with E-state index >= 15 is 0 Å². The van der Waals surface area contributed by atoms with Gasteiger partial charge in [0.2, 0.25) is 16.0 Å². The standard InChI is InChI=1S/C13H17N5O5S2/c1-18(2)12-15-9(16-13(17-12)23-4)7-14-25(20,21)8-5-6-24-10(8)11(19)22-3/h5-6,14H,7H2,1-4H3. The molecule has 0 saturated heterocycles. The van der Waals surface area contributed by atoms with Crippen molar-refractivity contribution in [3.05, 3.63) is 22.1 Å². The molecule has 2 heterocycles. The Hall–Kier alpha value is -2.31. The second-order valence-corrected chi connectivity index (χ2v) is 7.51. The van der Waals surface area contributed by atoms with Crippen LogP contribution in [0.3, 0.4) is 0 Å². The van der Waals surface area contributed by atoms with E-state index in [4.69, 9.17) is 4.74 Å². The molecule has 0 fully saturated rings. The third-order valence-corrected chi connectivity index (χ3v) is 5.41. The zero-order chi connectivity index (χ0) is 18.6. The fourth-order valence-corrected chi connectivity index (χ4v) is 4.06. The second kappa shape index (κ2) is 7.72. The van der Waals surface area contributed by atoms with Gasteiger partial charge in [0.15, 0.2) is 5.82 Å². The van der Waals surface area contributed by atoms with Crippen LogP contribution in [0.2, 0.25) is 0 Å². The van der Waals surface area contributed by atoms with Crippen LogP contribution in [-0.2, 0) is 21.3 Å². The molecule has 0 spiro atoms. The van der Waals surface area contributed by atoms with Gasteiger partial charge in [0, 0.05) is 14.1 Å². The Morgan fingerprint density at radius 1 is 1.28 bits per heavy atom. The number of sulfonamides is 1. The Morgan fingerprint density at radius 3 is 2.60 bits per heavy atom. The van der Waals surface area contributed by atoms with Gasteiger partial charge in [-0.25, -0.2) is 17.9 Å². The van der Waals surface area contributed by atoms with Crippen LogP contribution in [0.5, 0.6) is 6.01 Å². The van der Waals surface area contributed by atoms with Crippen molar-refractivity contribution in [2.75, 3.05) is 33.2 Å². The molecule has 0 saturated carbocycles. The van der Waals surface area contributed by atoms with Crippen molar-refractivity contribution in [1.29, 1.82) is 0 Å². The molecule has 25 heavy (non-hydrogen) atoms. The molecule has 10 nitrogen and oxygen atoms in total. The molecular weight excluding hydrogens is 370 g/mol. The summed E-state index contributed by atoms with van der Waals surface area (Å²) in [6.07, 6.45) is 0. The maximum Gasteiger partial charge on any atom is 0.349 e. The third-order valence-electron chi connectivity index (χ3n) is 2.94. The molecule has 0 aliphatic carbocycles. The van der Waals surface area contributed by atoms with Crippen molar-refractivity contribution in [2.45, 2.75) is 11.4 Å². The van der Waals surface area contributed by atoms with Crippen LogP contribution in [0.4, 0.5) is 5.95 Å². The normalized spacial score (nSPS) is 11.2. The summed E-state index contributed by atoms with van der Waals surface area (Å²) in [5.41, 5.74) is 0. The fourth-order valence-electron chi connectivity index (χ4n) is 1.74. The van der Waals surface area contributed by atoms with Gasteiger partial charge in [0.25, 0.3) is 0 Å². The number of anilines is 1. The summed E-state index contributed by atoms with van der Waals surface area (Å²) in [5, 5.41) is 1.50. The molecule has 136 valence electrons. The van der Waals surface area contributed by atoms with Crippen molar-refractivity contribution in [3.8, 4) is 6.01 Å². The van der Waals surface area contributed by atoms with E-state index in [9.17, 15) is 13.2 Å². The average molecular weight is 387 g/mol. The molecular formula is C13H17N5O5S2. The van der Waals surface area contributed by atoms with Gasteiger partial charge in [-0.3, -0.25) is 0 Å². The van der Waals surface area contributed by atoms with Crippen molar-refractivity contribution in [2.24, 2.45) is 0 Å². The molecule has 0 bridgehead atoms. The highest BCUT2D eigenvalue weighted by molar-refractivity contribution is 7.89.